The molecule has 3 nitrogen and oxygen atoms in total. The molecule has 3 heteroatoms. The lowest BCUT2D eigenvalue weighted by atomic mass is 10.1. The zero-order valence-corrected chi connectivity index (χ0v) is 16.3. The summed E-state index contributed by atoms with van der Waals surface area (Å²) in [6.45, 7) is 3.65. The molecule has 0 aromatic heterocycles. The minimum Gasteiger partial charge on any atom is -0.374 e. The van der Waals surface area contributed by atoms with Crippen LogP contribution < -0.4 is 0 Å². The third-order valence-electron chi connectivity index (χ3n) is 4.46. The van der Waals surface area contributed by atoms with Crippen LogP contribution in [-0.2, 0) is 22.7 Å². The molecule has 0 N–H and O–H groups in total. The Balaban J connectivity index is 1.58. The van der Waals surface area contributed by atoms with E-state index in [9.17, 15) is 0 Å². The maximum absolute atomic E-state index is 6.08. The second kappa shape index (κ2) is 11.2. The molecule has 0 fully saturated rings. The van der Waals surface area contributed by atoms with Crippen LogP contribution in [-0.4, -0.2) is 18.9 Å². The largest absolute Gasteiger partial charge is 0.374 e. The van der Waals surface area contributed by atoms with Crippen LogP contribution in [0.25, 0.3) is 0 Å². The van der Waals surface area contributed by atoms with Crippen LogP contribution in [0.3, 0.4) is 0 Å². The number of aliphatic imine (C=N–C) groups is 1. The Labute approximate surface area is 167 Å². The molecule has 0 radical (unpaired) electrons. The zero-order chi connectivity index (χ0) is 19.4. The smallest absolute Gasteiger partial charge is 0.116 e. The highest BCUT2D eigenvalue weighted by Crippen LogP contribution is 2.15. The van der Waals surface area contributed by atoms with Gasteiger partial charge in [0.15, 0.2) is 0 Å². The first kappa shape index (κ1) is 20.0. The maximum atomic E-state index is 6.08. The van der Waals surface area contributed by atoms with Crippen molar-refractivity contribution in [2.75, 3.05) is 6.61 Å². The maximum Gasteiger partial charge on any atom is 0.116 e. The van der Waals surface area contributed by atoms with Crippen LogP contribution in [0.4, 0.5) is 0 Å². The summed E-state index contributed by atoms with van der Waals surface area (Å²) in [6.07, 6.45) is 1.68. The molecule has 28 heavy (non-hydrogen) atoms. The van der Waals surface area contributed by atoms with E-state index < -0.39 is 0 Å². The number of hydrogen-bond acceptors (Lipinski definition) is 3. The first-order valence-corrected chi connectivity index (χ1v) is 9.66. The molecule has 0 heterocycles. The van der Waals surface area contributed by atoms with Crippen molar-refractivity contribution in [1.82, 2.24) is 0 Å². The molecule has 3 aromatic rings. The highest BCUT2D eigenvalue weighted by Gasteiger charge is 2.09. The summed E-state index contributed by atoms with van der Waals surface area (Å²) in [7, 11) is 0. The summed E-state index contributed by atoms with van der Waals surface area (Å²) in [5.74, 6) is 0. The molecule has 0 bridgehead atoms. The third kappa shape index (κ3) is 6.76. The van der Waals surface area contributed by atoms with E-state index in [0.29, 0.717) is 19.8 Å². The molecule has 0 unspecified atom stereocenters. The fourth-order valence-electron chi connectivity index (χ4n) is 2.82. The van der Waals surface area contributed by atoms with Crippen LogP contribution in [0, 0.1) is 0 Å². The van der Waals surface area contributed by atoms with Gasteiger partial charge in [-0.2, -0.15) is 0 Å². The average molecular weight is 373 g/mol. The van der Waals surface area contributed by atoms with Crippen molar-refractivity contribution in [1.29, 1.82) is 0 Å². The molecular formula is C25H27NO2. The highest BCUT2D eigenvalue weighted by molar-refractivity contribution is 5.63. The first-order chi connectivity index (χ1) is 13.8. The van der Waals surface area contributed by atoms with E-state index >= 15 is 0 Å². The fraction of sp³-hybridized carbons (Fsp3) is 0.240. The molecule has 0 aliphatic rings. The van der Waals surface area contributed by atoms with E-state index in [2.05, 4.69) is 43.3 Å². The Bertz CT molecular complexity index is 819. The van der Waals surface area contributed by atoms with E-state index in [-0.39, 0.29) is 12.1 Å². The summed E-state index contributed by atoms with van der Waals surface area (Å²) >= 11 is 0. The van der Waals surface area contributed by atoms with E-state index in [1.807, 2.05) is 60.8 Å². The van der Waals surface area contributed by atoms with Crippen LogP contribution >= 0.6 is 0 Å². The molecule has 2 atom stereocenters. The third-order valence-corrected chi connectivity index (χ3v) is 4.46. The van der Waals surface area contributed by atoms with Crippen molar-refractivity contribution < 1.29 is 9.47 Å². The van der Waals surface area contributed by atoms with E-state index in [1.54, 1.807) is 0 Å². The Kier molecular flexibility index (Phi) is 7.98. The quantitative estimate of drug-likeness (QED) is 0.432. The molecular weight excluding hydrogens is 346 g/mol. The number of hydrogen-bond donors (Lipinski definition) is 0. The summed E-state index contributed by atoms with van der Waals surface area (Å²) in [4.78, 5) is 4.70. The minimum atomic E-state index is -0.199. The van der Waals surface area contributed by atoms with Gasteiger partial charge in [0.25, 0.3) is 0 Å². The van der Waals surface area contributed by atoms with Gasteiger partial charge >= 0.3 is 0 Å². The van der Waals surface area contributed by atoms with Gasteiger partial charge in [0.05, 0.1) is 25.9 Å². The monoisotopic (exact) mass is 373 g/mol. The minimum absolute atomic E-state index is 0.0816. The van der Waals surface area contributed by atoms with Gasteiger partial charge in [-0.1, -0.05) is 91.0 Å². The van der Waals surface area contributed by atoms with E-state index in [1.165, 1.54) is 5.56 Å². The van der Waals surface area contributed by atoms with Crippen molar-refractivity contribution in [2.45, 2.75) is 32.3 Å². The highest BCUT2D eigenvalue weighted by atomic mass is 16.5. The molecule has 0 amide bonds. The molecule has 0 saturated carbocycles. The Morgan fingerprint density at radius 2 is 1.29 bits per heavy atom. The van der Waals surface area contributed by atoms with Crippen LogP contribution in [0.5, 0.6) is 0 Å². The predicted molar refractivity (Wildman–Crippen MR) is 114 cm³/mol. The molecule has 3 rings (SSSR count). The van der Waals surface area contributed by atoms with Crippen molar-refractivity contribution in [3.8, 4) is 0 Å². The summed E-state index contributed by atoms with van der Waals surface area (Å²) in [6, 6.07) is 30.7. The number of benzene rings is 3. The van der Waals surface area contributed by atoms with E-state index in [4.69, 9.17) is 14.5 Å². The normalized spacial score (nSPS) is 13.5. The molecule has 0 spiro atoms. The van der Waals surface area contributed by atoms with Crippen LogP contribution in [0.2, 0.25) is 0 Å². The zero-order valence-electron chi connectivity index (χ0n) is 16.3. The van der Waals surface area contributed by atoms with Gasteiger partial charge < -0.3 is 9.47 Å². The van der Waals surface area contributed by atoms with Crippen molar-refractivity contribution in [3.63, 3.8) is 0 Å². The second-order valence-corrected chi connectivity index (χ2v) is 6.72. The van der Waals surface area contributed by atoms with Crippen LogP contribution in [0.15, 0.2) is 96.0 Å². The van der Waals surface area contributed by atoms with Crippen molar-refractivity contribution in [2.24, 2.45) is 4.99 Å². The van der Waals surface area contributed by atoms with E-state index in [0.717, 1.165) is 11.1 Å². The van der Waals surface area contributed by atoms with Gasteiger partial charge in [-0.3, -0.25) is 4.99 Å². The Morgan fingerprint density at radius 3 is 1.89 bits per heavy atom. The lowest BCUT2D eigenvalue weighted by molar-refractivity contribution is 0.00638. The lowest BCUT2D eigenvalue weighted by Crippen LogP contribution is -2.22. The predicted octanol–water partition coefficient (Wildman–Crippen LogP) is 5.62. The first-order valence-electron chi connectivity index (χ1n) is 9.66. The van der Waals surface area contributed by atoms with Gasteiger partial charge in [0.1, 0.15) is 6.10 Å². The fourth-order valence-corrected chi connectivity index (χ4v) is 2.82. The summed E-state index contributed by atoms with van der Waals surface area (Å²) in [5.41, 5.74) is 3.48. The standard InChI is InChI=1S/C25H27NO2/c1-21(24-15-9-4-10-16-24)26-17-25(28-19-23-13-7-3-8-14-23)20-27-18-22-11-5-2-6-12-22/h2-17,21,25H,18-20H2,1H3/t21-,25+/m1/s1. The molecule has 0 aliphatic heterocycles. The molecule has 3 aromatic carbocycles. The van der Waals surface area contributed by atoms with Gasteiger partial charge in [-0.25, -0.2) is 0 Å². The van der Waals surface area contributed by atoms with Gasteiger partial charge in [0.2, 0.25) is 0 Å². The molecule has 0 saturated heterocycles. The Morgan fingerprint density at radius 1 is 0.750 bits per heavy atom. The Hall–Kier alpha value is -2.75. The van der Waals surface area contributed by atoms with Gasteiger partial charge in [-0.15, -0.1) is 0 Å². The number of ether oxygens (including phenoxy) is 2. The van der Waals surface area contributed by atoms with Gasteiger partial charge in [0, 0.05) is 6.21 Å². The molecule has 0 aliphatic carbocycles. The molecule has 144 valence electrons. The van der Waals surface area contributed by atoms with Crippen molar-refractivity contribution >= 4 is 6.21 Å². The second-order valence-electron chi connectivity index (χ2n) is 6.72. The topological polar surface area (TPSA) is 30.8 Å². The summed E-state index contributed by atoms with van der Waals surface area (Å²) < 4.78 is 12.0. The van der Waals surface area contributed by atoms with Crippen LogP contribution in [0.1, 0.15) is 29.7 Å². The van der Waals surface area contributed by atoms with Gasteiger partial charge in [-0.05, 0) is 23.6 Å². The number of rotatable bonds is 10. The lowest BCUT2D eigenvalue weighted by Gasteiger charge is -2.16. The average Bonchev–Trinajstić information content (AvgIpc) is 2.77. The number of nitrogens with zero attached hydrogens (tertiary/aromatic N) is 1. The van der Waals surface area contributed by atoms with Crippen molar-refractivity contribution in [3.05, 3.63) is 108 Å². The SMILES string of the molecule is C[C@@H](N=C[C@@H](COCc1ccccc1)OCc1ccccc1)c1ccccc1. The summed E-state index contributed by atoms with van der Waals surface area (Å²) in [5, 5.41) is 0.